The van der Waals surface area contributed by atoms with Crippen LogP contribution >= 0.6 is 15.9 Å². The highest BCUT2D eigenvalue weighted by atomic mass is 79.9. The number of hydrogen-bond donors (Lipinski definition) is 1. The van der Waals surface area contributed by atoms with Crippen LogP contribution < -0.4 is 10.1 Å². The molecular weight excluding hydrogens is 318 g/mol. The number of carbonyl (C=O) groups is 1. The zero-order chi connectivity index (χ0) is 14.5. The molecule has 2 aromatic rings. The minimum absolute atomic E-state index is 0.00181. The Labute approximate surface area is 127 Å². The summed E-state index contributed by atoms with van der Waals surface area (Å²) in [5.41, 5.74) is 3.00. The predicted molar refractivity (Wildman–Crippen MR) is 84.2 cm³/mol. The highest BCUT2D eigenvalue weighted by molar-refractivity contribution is 9.10. The van der Waals surface area contributed by atoms with Gasteiger partial charge in [0.1, 0.15) is 5.75 Å². The Morgan fingerprint density at radius 3 is 2.50 bits per heavy atom. The summed E-state index contributed by atoms with van der Waals surface area (Å²) < 4.78 is 6.45. The monoisotopic (exact) mass is 333 g/mol. The molecule has 0 aliphatic rings. The van der Waals surface area contributed by atoms with Gasteiger partial charge in [0.15, 0.2) is 6.61 Å². The van der Waals surface area contributed by atoms with E-state index in [1.54, 1.807) is 0 Å². The Hall–Kier alpha value is -1.81. The van der Waals surface area contributed by atoms with Crippen molar-refractivity contribution in [3.8, 4) is 5.75 Å². The van der Waals surface area contributed by atoms with E-state index in [-0.39, 0.29) is 12.5 Å². The average Bonchev–Trinajstić information content (AvgIpc) is 2.42. The molecule has 0 heterocycles. The molecule has 3 nitrogen and oxygen atoms in total. The topological polar surface area (TPSA) is 38.3 Å². The van der Waals surface area contributed by atoms with Gasteiger partial charge in [-0.05, 0) is 49.7 Å². The fourth-order valence-corrected chi connectivity index (χ4v) is 1.95. The summed E-state index contributed by atoms with van der Waals surface area (Å²) in [5, 5.41) is 2.81. The van der Waals surface area contributed by atoms with Crippen LogP contribution in [0.25, 0.3) is 0 Å². The van der Waals surface area contributed by atoms with Crippen LogP contribution in [-0.2, 0) is 4.79 Å². The first-order chi connectivity index (χ1) is 9.54. The first-order valence-corrected chi connectivity index (χ1v) is 7.09. The molecule has 20 heavy (non-hydrogen) atoms. The number of amides is 1. The molecule has 0 aromatic heterocycles. The standard InChI is InChI=1S/C16H16BrNO2/c1-11-3-6-14(7-4-11)20-10-16(19)18-13-5-8-15(17)12(2)9-13/h3-9H,10H2,1-2H3,(H,18,19). The third-order valence-electron chi connectivity index (χ3n) is 2.83. The van der Waals surface area contributed by atoms with Gasteiger partial charge in [0.05, 0.1) is 0 Å². The molecule has 1 N–H and O–H groups in total. The zero-order valence-electron chi connectivity index (χ0n) is 11.4. The molecule has 2 rings (SSSR count). The molecular formula is C16H16BrNO2. The van der Waals surface area contributed by atoms with Gasteiger partial charge in [-0.15, -0.1) is 0 Å². The first-order valence-electron chi connectivity index (χ1n) is 6.30. The molecule has 0 radical (unpaired) electrons. The number of aryl methyl sites for hydroxylation is 2. The van der Waals surface area contributed by atoms with Gasteiger partial charge in [0.25, 0.3) is 5.91 Å². The molecule has 0 bridgehead atoms. The van der Waals surface area contributed by atoms with Crippen molar-refractivity contribution in [2.24, 2.45) is 0 Å². The molecule has 0 fully saturated rings. The van der Waals surface area contributed by atoms with E-state index in [1.165, 1.54) is 0 Å². The van der Waals surface area contributed by atoms with E-state index >= 15 is 0 Å². The second kappa shape index (κ2) is 6.57. The summed E-state index contributed by atoms with van der Waals surface area (Å²) in [7, 11) is 0. The van der Waals surface area contributed by atoms with Gasteiger partial charge >= 0.3 is 0 Å². The maximum atomic E-state index is 11.8. The summed E-state index contributed by atoms with van der Waals surface area (Å²) in [4.78, 5) is 11.8. The highest BCUT2D eigenvalue weighted by Gasteiger charge is 2.05. The van der Waals surface area contributed by atoms with E-state index in [4.69, 9.17) is 4.74 Å². The third-order valence-corrected chi connectivity index (χ3v) is 3.72. The lowest BCUT2D eigenvalue weighted by Crippen LogP contribution is -2.20. The number of nitrogens with one attached hydrogen (secondary N) is 1. The third kappa shape index (κ3) is 4.10. The van der Waals surface area contributed by atoms with Crippen molar-refractivity contribution >= 4 is 27.5 Å². The van der Waals surface area contributed by atoms with Gasteiger partial charge in [-0.2, -0.15) is 0 Å². The lowest BCUT2D eigenvalue weighted by atomic mass is 10.2. The lowest BCUT2D eigenvalue weighted by Gasteiger charge is -2.09. The minimum atomic E-state index is -0.174. The van der Waals surface area contributed by atoms with Crippen molar-refractivity contribution in [2.75, 3.05) is 11.9 Å². The van der Waals surface area contributed by atoms with Gasteiger partial charge in [-0.25, -0.2) is 0 Å². The van der Waals surface area contributed by atoms with Crippen LogP contribution in [0.4, 0.5) is 5.69 Å². The van der Waals surface area contributed by atoms with E-state index in [0.29, 0.717) is 5.75 Å². The largest absolute Gasteiger partial charge is 0.484 e. The molecule has 4 heteroatoms. The van der Waals surface area contributed by atoms with Crippen LogP contribution in [0.2, 0.25) is 0 Å². The Bertz CT molecular complexity index is 608. The predicted octanol–water partition coefficient (Wildman–Crippen LogP) is 4.08. The smallest absolute Gasteiger partial charge is 0.262 e. The van der Waals surface area contributed by atoms with E-state index in [9.17, 15) is 4.79 Å². The van der Waals surface area contributed by atoms with Crippen LogP contribution in [0, 0.1) is 13.8 Å². The van der Waals surface area contributed by atoms with Crippen molar-refractivity contribution in [1.82, 2.24) is 0 Å². The van der Waals surface area contributed by atoms with E-state index in [0.717, 1.165) is 21.3 Å². The van der Waals surface area contributed by atoms with E-state index in [1.807, 2.05) is 56.3 Å². The summed E-state index contributed by atoms with van der Waals surface area (Å²) in [5.74, 6) is 0.519. The second-order valence-corrected chi connectivity index (χ2v) is 5.47. The summed E-state index contributed by atoms with van der Waals surface area (Å²) in [6, 6.07) is 13.3. The molecule has 2 aromatic carbocycles. The Balaban J connectivity index is 1.89. The van der Waals surface area contributed by atoms with Crippen LogP contribution in [-0.4, -0.2) is 12.5 Å². The molecule has 0 unspecified atom stereocenters. The molecule has 104 valence electrons. The number of benzene rings is 2. The maximum Gasteiger partial charge on any atom is 0.262 e. The molecule has 0 saturated carbocycles. The zero-order valence-corrected chi connectivity index (χ0v) is 13.0. The lowest BCUT2D eigenvalue weighted by molar-refractivity contribution is -0.118. The normalized spacial score (nSPS) is 10.2. The average molecular weight is 334 g/mol. The van der Waals surface area contributed by atoms with Gasteiger partial charge in [-0.3, -0.25) is 4.79 Å². The fourth-order valence-electron chi connectivity index (χ4n) is 1.70. The number of ether oxygens (including phenoxy) is 1. The van der Waals surface area contributed by atoms with E-state index in [2.05, 4.69) is 21.2 Å². The van der Waals surface area contributed by atoms with Crippen LogP contribution in [0.5, 0.6) is 5.75 Å². The Kier molecular flexibility index (Phi) is 4.79. The number of rotatable bonds is 4. The van der Waals surface area contributed by atoms with Crippen LogP contribution in [0.1, 0.15) is 11.1 Å². The summed E-state index contributed by atoms with van der Waals surface area (Å²) in [6.07, 6.45) is 0. The van der Waals surface area contributed by atoms with Gasteiger partial charge in [-0.1, -0.05) is 33.6 Å². The Morgan fingerprint density at radius 1 is 1.15 bits per heavy atom. The number of carbonyl (C=O) groups excluding carboxylic acids is 1. The Morgan fingerprint density at radius 2 is 1.85 bits per heavy atom. The molecule has 0 atom stereocenters. The van der Waals surface area contributed by atoms with Gasteiger partial charge in [0.2, 0.25) is 0 Å². The fraction of sp³-hybridized carbons (Fsp3) is 0.188. The number of anilines is 1. The van der Waals surface area contributed by atoms with Crippen molar-refractivity contribution in [3.63, 3.8) is 0 Å². The number of hydrogen-bond acceptors (Lipinski definition) is 2. The van der Waals surface area contributed by atoms with Gasteiger partial charge in [0, 0.05) is 10.2 Å². The van der Waals surface area contributed by atoms with Crippen molar-refractivity contribution < 1.29 is 9.53 Å². The summed E-state index contributed by atoms with van der Waals surface area (Å²) in [6.45, 7) is 3.98. The highest BCUT2D eigenvalue weighted by Crippen LogP contribution is 2.20. The van der Waals surface area contributed by atoms with Crippen LogP contribution in [0.3, 0.4) is 0 Å². The summed E-state index contributed by atoms with van der Waals surface area (Å²) >= 11 is 3.43. The maximum absolute atomic E-state index is 11.8. The molecule has 1 amide bonds. The van der Waals surface area contributed by atoms with Gasteiger partial charge < -0.3 is 10.1 Å². The van der Waals surface area contributed by atoms with Crippen molar-refractivity contribution in [3.05, 3.63) is 58.1 Å². The second-order valence-electron chi connectivity index (χ2n) is 4.61. The molecule has 0 spiro atoms. The van der Waals surface area contributed by atoms with Crippen LogP contribution in [0.15, 0.2) is 46.9 Å². The first kappa shape index (κ1) is 14.6. The van der Waals surface area contributed by atoms with Crippen molar-refractivity contribution in [1.29, 1.82) is 0 Å². The van der Waals surface area contributed by atoms with E-state index < -0.39 is 0 Å². The number of halogens is 1. The SMILES string of the molecule is Cc1ccc(OCC(=O)Nc2ccc(Br)c(C)c2)cc1. The quantitative estimate of drug-likeness (QED) is 0.915. The molecule has 0 saturated heterocycles. The molecule has 0 aliphatic carbocycles. The minimum Gasteiger partial charge on any atom is -0.484 e. The molecule has 0 aliphatic heterocycles. The van der Waals surface area contributed by atoms with Crippen molar-refractivity contribution in [2.45, 2.75) is 13.8 Å².